The molecule has 1 aliphatic carbocycles. The highest BCUT2D eigenvalue weighted by atomic mass is 16.5. The zero-order valence-corrected chi connectivity index (χ0v) is 17.0. The minimum Gasteiger partial charge on any atom is -0.493 e. The Bertz CT molecular complexity index is 880. The van der Waals surface area contributed by atoms with Crippen molar-refractivity contribution in [3.63, 3.8) is 0 Å². The predicted octanol–water partition coefficient (Wildman–Crippen LogP) is 4.17. The number of amides is 1. The van der Waals surface area contributed by atoms with Crippen LogP contribution in [0.4, 0.5) is 0 Å². The van der Waals surface area contributed by atoms with Gasteiger partial charge in [0.25, 0.3) is 5.91 Å². The van der Waals surface area contributed by atoms with Crippen molar-refractivity contribution in [1.82, 2.24) is 5.32 Å². The van der Waals surface area contributed by atoms with Crippen LogP contribution >= 0.6 is 0 Å². The Labute approximate surface area is 170 Å². The van der Waals surface area contributed by atoms with Gasteiger partial charge in [-0.25, -0.2) is 0 Å². The molecule has 1 aliphatic heterocycles. The third-order valence-electron chi connectivity index (χ3n) is 5.45. The number of hydrogen-bond acceptors (Lipinski definition) is 4. The average Bonchev–Trinajstić information content (AvgIpc) is 2.96. The van der Waals surface area contributed by atoms with E-state index in [2.05, 4.69) is 19.2 Å². The highest BCUT2D eigenvalue weighted by molar-refractivity contribution is 5.94. The van der Waals surface area contributed by atoms with Gasteiger partial charge in [-0.2, -0.15) is 0 Å². The molecule has 2 N–H and O–H groups in total. The quantitative estimate of drug-likeness (QED) is 0.688. The van der Waals surface area contributed by atoms with Gasteiger partial charge in [0.15, 0.2) is 5.76 Å². The van der Waals surface area contributed by atoms with Crippen LogP contribution in [0.25, 0.3) is 0 Å². The predicted molar refractivity (Wildman–Crippen MR) is 109 cm³/mol. The van der Waals surface area contributed by atoms with Crippen LogP contribution in [0.1, 0.15) is 49.9 Å². The van der Waals surface area contributed by atoms with E-state index in [1.807, 2.05) is 6.07 Å². The fraction of sp³-hybridized carbons (Fsp3) is 0.391. The van der Waals surface area contributed by atoms with Crippen LogP contribution in [0.3, 0.4) is 0 Å². The second-order valence-electron chi connectivity index (χ2n) is 8.05. The molecule has 2 aliphatic rings. The molecule has 1 amide bonds. The van der Waals surface area contributed by atoms with E-state index in [1.54, 1.807) is 43.9 Å². The lowest BCUT2D eigenvalue weighted by Gasteiger charge is -2.27. The molecule has 0 saturated carbocycles. The van der Waals surface area contributed by atoms with Crippen LogP contribution < -0.4 is 5.32 Å². The molecule has 6 heteroatoms. The number of allylic oxidation sites excluding steroid dienone is 1. The summed E-state index contributed by atoms with van der Waals surface area (Å²) in [6, 6.07) is 8.65. The van der Waals surface area contributed by atoms with Gasteiger partial charge in [-0.15, -0.1) is 0 Å². The number of nitrogens with one attached hydrogen (secondary N) is 1. The van der Waals surface area contributed by atoms with Crippen molar-refractivity contribution < 1.29 is 24.2 Å². The fourth-order valence-corrected chi connectivity index (χ4v) is 4.00. The van der Waals surface area contributed by atoms with Crippen molar-refractivity contribution in [3.05, 3.63) is 70.9 Å². The van der Waals surface area contributed by atoms with Crippen molar-refractivity contribution >= 4 is 11.9 Å². The molecular weight excluding hydrogens is 370 g/mol. The maximum atomic E-state index is 12.7. The number of methoxy groups -OCH3 is 1. The minimum absolute atomic E-state index is 0.0123. The van der Waals surface area contributed by atoms with E-state index < -0.39 is 5.97 Å². The monoisotopic (exact) mass is 397 g/mol. The minimum atomic E-state index is -0.878. The first-order chi connectivity index (χ1) is 13.8. The molecule has 0 aromatic heterocycles. The van der Waals surface area contributed by atoms with Crippen molar-refractivity contribution in [2.75, 3.05) is 7.11 Å². The molecule has 1 aromatic rings. The second-order valence-corrected chi connectivity index (χ2v) is 8.05. The van der Waals surface area contributed by atoms with Crippen molar-refractivity contribution in [3.8, 4) is 0 Å². The Morgan fingerprint density at radius 3 is 2.62 bits per heavy atom. The summed E-state index contributed by atoms with van der Waals surface area (Å²) in [6.07, 6.45) is 5.00. The van der Waals surface area contributed by atoms with E-state index in [4.69, 9.17) is 14.6 Å². The van der Waals surface area contributed by atoms with E-state index in [9.17, 15) is 9.59 Å². The van der Waals surface area contributed by atoms with E-state index in [0.717, 1.165) is 23.1 Å². The summed E-state index contributed by atoms with van der Waals surface area (Å²) >= 11 is 0. The maximum Gasteiger partial charge on any atom is 0.303 e. The Kier molecular flexibility index (Phi) is 6.11. The number of carboxylic acids is 1. The fourth-order valence-electron chi connectivity index (χ4n) is 4.00. The van der Waals surface area contributed by atoms with Gasteiger partial charge in [-0.1, -0.05) is 37.6 Å². The number of carboxylic acid groups (broad SMARTS) is 1. The van der Waals surface area contributed by atoms with Crippen LogP contribution in [0.15, 0.2) is 65.3 Å². The van der Waals surface area contributed by atoms with Crippen LogP contribution in [0, 0.1) is 5.41 Å². The first-order valence-corrected chi connectivity index (χ1v) is 9.72. The summed E-state index contributed by atoms with van der Waals surface area (Å²) in [7, 11) is 1.60. The molecule has 1 atom stereocenters. The van der Waals surface area contributed by atoms with E-state index in [1.165, 1.54) is 0 Å². The number of benzene rings is 1. The largest absolute Gasteiger partial charge is 0.493 e. The summed E-state index contributed by atoms with van der Waals surface area (Å²) in [5.74, 6) is -0.418. The number of rotatable bonds is 8. The second kappa shape index (κ2) is 8.55. The molecule has 29 heavy (non-hydrogen) atoms. The number of carbonyl (C=O) groups excluding carboxylic acids is 1. The van der Waals surface area contributed by atoms with Gasteiger partial charge in [0.1, 0.15) is 6.26 Å². The Hall–Kier alpha value is -3.02. The summed E-state index contributed by atoms with van der Waals surface area (Å²) in [4.78, 5) is 23.9. The Morgan fingerprint density at radius 1 is 1.24 bits per heavy atom. The Balaban J connectivity index is 1.88. The third-order valence-corrected chi connectivity index (χ3v) is 5.45. The van der Waals surface area contributed by atoms with Crippen molar-refractivity contribution in [1.29, 1.82) is 0 Å². The summed E-state index contributed by atoms with van der Waals surface area (Å²) < 4.78 is 10.9. The molecule has 0 spiro atoms. The number of ether oxygens (including phenoxy) is 2. The molecule has 154 valence electrons. The topological polar surface area (TPSA) is 84.9 Å². The van der Waals surface area contributed by atoms with Crippen LogP contribution in [-0.4, -0.2) is 30.1 Å². The molecule has 0 bridgehead atoms. The first-order valence-electron chi connectivity index (χ1n) is 9.72. The average molecular weight is 397 g/mol. The van der Waals surface area contributed by atoms with Gasteiger partial charge >= 0.3 is 5.97 Å². The third kappa shape index (κ3) is 4.70. The Morgan fingerprint density at radius 2 is 1.97 bits per heavy atom. The lowest BCUT2D eigenvalue weighted by molar-refractivity contribution is -0.137. The van der Waals surface area contributed by atoms with Gasteiger partial charge in [-0.05, 0) is 42.4 Å². The van der Waals surface area contributed by atoms with E-state index in [0.29, 0.717) is 24.2 Å². The molecule has 6 nitrogen and oxygen atoms in total. The van der Waals surface area contributed by atoms with Gasteiger partial charge in [0, 0.05) is 23.6 Å². The van der Waals surface area contributed by atoms with Crippen LogP contribution in [-0.2, 0) is 14.3 Å². The molecule has 0 radical (unpaired) electrons. The lowest BCUT2D eigenvalue weighted by atomic mass is 9.81. The summed E-state index contributed by atoms with van der Waals surface area (Å²) in [5.41, 5.74) is 3.63. The van der Waals surface area contributed by atoms with Crippen LogP contribution in [0.5, 0.6) is 0 Å². The highest BCUT2D eigenvalue weighted by Crippen LogP contribution is 2.51. The number of fused-ring (bicyclic) bond motifs is 1. The molecule has 1 unspecified atom stereocenters. The SMILES string of the molecule is COC1=COC=C2CC(C)(C)C(CC(CCC(=O)O)NC(=O)c3ccccc3)=C21. The van der Waals surface area contributed by atoms with Crippen molar-refractivity contribution in [2.45, 2.75) is 45.6 Å². The van der Waals surface area contributed by atoms with E-state index >= 15 is 0 Å². The van der Waals surface area contributed by atoms with E-state index in [-0.39, 0.29) is 23.8 Å². The normalized spacial score (nSPS) is 18.2. The number of carbonyl (C=O) groups is 2. The van der Waals surface area contributed by atoms with Gasteiger partial charge in [0.05, 0.1) is 13.4 Å². The molecule has 1 aromatic carbocycles. The van der Waals surface area contributed by atoms with Crippen molar-refractivity contribution in [2.24, 2.45) is 5.41 Å². The first kappa shape index (κ1) is 20.7. The molecule has 3 rings (SSSR count). The van der Waals surface area contributed by atoms with Gasteiger partial charge in [0.2, 0.25) is 0 Å². The molecule has 1 heterocycles. The molecule has 0 fully saturated rings. The van der Waals surface area contributed by atoms with Crippen LogP contribution in [0.2, 0.25) is 0 Å². The number of aliphatic carboxylic acids is 1. The maximum absolute atomic E-state index is 12.7. The lowest BCUT2D eigenvalue weighted by Crippen LogP contribution is -2.36. The summed E-state index contributed by atoms with van der Waals surface area (Å²) in [6.45, 7) is 4.30. The highest BCUT2D eigenvalue weighted by Gasteiger charge is 2.40. The van der Waals surface area contributed by atoms with Gasteiger partial charge < -0.3 is 19.9 Å². The summed E-state index contributed by atoms with van der Waals surface area (Å²) in [5, 5.41) is 12.2. The zero-order chi connectivity index (χ0) is 21.0. The smallest absolute Gasteiger partial charge is 0.303 e. The molecule has 0 saturated heterocycles. The number of hydrogen-bond donors (Lipinski definition) is 2. The van der Waals surface area contributed by atoms with Gasteiger partial charge in [-0.3, -0.25) is 9.59 Å². The standard InChI is InChI=1S/C23H27NO5/c1-23(2)12-16-13-29-14-19(28-3)21(16)18(23)11-17(9-10-20(25)26)24-22(27)15-7-5-4-6-8-15/h4-8,13-14,17H,9-12H2,1-3H3,(H,24,27)(H,25,26). The zero-order valence-electron chi connectivity index (χ0n) is 17.0. The molecular formula is C23H27NO5.